The smallest absolute Gasteiger partial charge is 0.328 e. The molecule has 0 fully saturated rings. The largest absolute Gasteiger partial charge is 0.504 e. The third-order valence-electron chi connectivity index (χ3n) is 1.62. The van der Waals surface area contributed by atoms with E-state index in [1.807, 2.05) is 0 Å². The van der Waals surface area contributed by atoms with Gasteiger partial charge in [0.25, 0.3) is 0 Å². The maximum atomic E-state index is 10.2. The summed E-state index contributed by atoms with van der Waals surface area (Å²) in [5.74, 6) is -0.672. The number of phenols is 1. The molecule has 14 heavy (non-hydrogen) atoms. The molecular weight excluding hydrogens is 187 g/mol. The summed E-state index contributed by atoms with van der Waals surface area (Å²) in [4.78, 5) is 10.2. The van der Waals surface area contributed by atoms with Gasteiger partial charge in [0, 0.05) is 6.08 Å². The van der Waals surface area contributed by atoms with E-state index in [4.69, 9.17) is 9.84 Å². The minimum absolute atomic E-state index is 0.0278. The van der Waals surface area contributed by atoms with Crippen molar-refractivity contribution in [2.45, 2.75) is 0 Å². The van der Waals surface area contributed by atoms with Crippen molar-refractivity contribution in [1.82, 2.24) is 0 Å². The SMILES string of the molecule is COc1cc(/[13CH]=[13CH]/[13C](=O)O)ccc1O. The maximum Gasteiger partial charge on any atom is 0.328 e. The van der Waals surface area contributed by atoms with Gasteiger partial charge >= 0.3 is 5.97 Å². The summed E-state index contributed by atoms with van der Waals surface area (Å²) in [5.41, 5.74) is 0.655. The van der Waals surface area contributed by atoms with Crippen LogP contribution in [0, 0.1) is 0 Å². The van der Waals surface area contributed by atoms with Crippen molar-refractivity contribution in [2.24, 2.45) is 0 Å². The molecule has 0 radical (unpaired) electrons. The quantitative estimate of drug-likeness (QED) is 0.569. The van der Waals surface area contributed by atoms with Crippen molar-refractivity contribution < 1.29 is 19.7 Å². The van der Waals surface area contributed by atoms with Crippen LogP contribution in [0.3, 0.4) is 0 Å². The number of carboxylic acids is 1. The lowest BCUT2D eigenvalue weighted by Gasteiger charge is -2.03. The Morgan fingerprint density at radius 1 is 1.50 bits per heavy atom. The Labute approximate surface area is 81.1 Å². The first-order valence-corrected chi connectivity index (χ1v) is 3.91. The van der Waals surface area contributed by atoms with Crippen LogP contribution in [-0.2, 0) is 4.79 Å². The average molecular weight is 197 g/mol. The summed E-state index contributed by atoms with van der Waals surface area (Å²) in [6, 6.07) is 4.59. The molecule has 0 spiro atoms. The van der Waals surface area contributed by atoms with Gasteiger partial charge in [0.15, 0.2) is 11.5 Å². The summed E-state index contributed by atoms with van der Waals surface area (Å²) >= 11 is 0. The number of rotatable bonds is 3. The van der Waals surface area contributed by atoms with Crippen LogP contribution in [0.15, 0.2) is 24.3 Å². The molecule has 4 nitrogen and oxygen atoms in total. The Hall–Kier alpha value is -1.97. The summed E-state index contributed by atoms with van der Waals surface area (Å²) < 4.78 is 4.86. The van der Waals surface area contributed by atoms with E-state index in [1.165, 1.54) is 19.3 Å². The number of hydrogen-bond acceptors (Lipinski definition) is 3. The lowest BCUT2D eigenvalue weighted by molar-refractivity contribution is -0.131. The van der Waals surface area contributed by atoms with Crippen LogP contribution in [0.5, 0.6) is 11.5 Å². The molecule has 0 aliphatic heterocycles. The number of hydrogen-bond donors (Lipinski definition) is 2. The average Bonchev–Trinajstić information content (AvgIpc) is 2.16. The van der Waals surface area contributed by atoms with Crippen LogP contribution >= 0.6 is 0 Å². The molecular formula is C10H10O4. The van der Waals surface area contributed by atoms with Crippen LogP contribution in [0.1, 0.15) is 5.56 Å². The second kappa shape index (κ2) is 4.32. The molecule has 0 aliphatic carbocycles. The van der Waals surface area contributed by atoms with Gasteiger partial charge in [-0.15, -0.1) is 0 Å². The Balaban J connectivity index is 2.95. The van der Waals surface area contributed by atoms with Gasteiger partial charge in [-0.05, 0) is 23.8 Å². The molecule has 0 amide bonds. The maximum absolute atomic E-state index is 10.2. The highest BCUT2D eigenvalue weighted by atomic mass is 16.5. The van der Waals surface area contributed by atoms with Crippen molar-refractivity contribution in [1.29, 1.82) is 0 Å². The Morgan fingerprint density at radius 3 is 2.79 bits per heavy atom. The van der Waals surface area contributed by atoms with Crippen LogP contribution in [0.25, 0.3) is 6.08 Å². The highest BCUT2D eigenvalue weighted by Gasteiger charge is 2.00. The van der Waals surface area contributed by atoms with E-state index in [0.717, 1.165) is 6.08 Å². The van der Waals surface area contributed by atoms with Crippen molar-refractivity contribution >= 4 is 12.0 Å². The van der Waals surface area contributed by atoms with Gasteiger partial charge in [-0.1, -0.05) is 6.07 Å². The minimum atomic E-state index is -1.02. The van der Waals surface area contributed by atoms with E-state index < -0.39 is 5.97 Å². The predicted molar refractivity (Wildman–Crippen MR) is 51.3 cm³/mol. The zero-order chi connectivity index (χ0) is 10.6. The highest BCUT2D eigenvalue weighted by molar-refractivity contribution is 5.85. The molecule has 1 aromatic rings. The zero-order valence-corrected chi connectivity index (χ0v) is 7.60. The van der Waals surface area contributed by atoms with Crippen LogP contribution in [0.2, 0.25) is 0 Å². The molecule has 0 atom stereocenters. The first-order valence-electron chi connectivity index (χ1n) is 3.91. The number of aliphatic carboxylic acids is 1. The van der Waals surface area contributed by atoms with Crippen LogP contribution < -0.4 is 4.74 Å². The minimum Gasteiger partial charge on any atom is -0.504 e. The third-order valence-corrected chi connectivity index (χ3v) is 1.62. The first kappa shape index (κ1) is 10.1. The van der Waals surface area contributed by atoms with Gasteiger partial charge in [0.05, 0.1) is 7.11 Å². The molecule has 74 valence electrons. The lowest BCUT2D eigenvalue weighted by atomic mass is 10.2. The normalized spacial score (nSPS) is 10.4. The zero-order valence-electron chi connectivity index (χ0n) is 7.60. The Kier molecular flexibility index (Phi) is 3.12. The van der Waals surface area contributed by atoms with E-state index >= 15 is 0 Å². The topological polar surface area (TPSA) is 66.8 Å². The Bertz CT molecular complexity index is 368. The van der Waals surface area contributed by atoms with Crippen molar-refractivity contribution in [3.05, 3.63) is 29.8 Å². The summed E-state index contributed by atoms with van der Waals surface area (Å²) in [6.45, 7) is 0. The fraction of sp³-hybridized carbons (Fsp3) is 0.100. The third kappa shape index (κ3) is 2.52. The number of methoxy groups -OCH3 is 1. The molecule has 0 aromatic heterocycles. The van der Waals surface area contributed by atoms with Gasteiger partial charge in [-0.25, -0.2) is 4.79 Å². The fourth-order valence-electron chi connectivity index (χ4n) is 0.965. The second-order valence-electron chi connectivity index (χ2n) is 2.60. The molecule has 1 rings (SSSR count). The Morgan fingerprint density at radius 2 is 2.21 bits per heavy atom. The monoisotopic (exact) mass is 197 g/mol. The fourth-order valence-corrected chi connectivity index (χ4v) is 0.965. The van der Waals surface area contributed by atoms with Gasteiger partial charge in [-0.2, -0.15) is 0 Å². The molecule has 2 N–H and O–H groups in total. The second-order valence-corrected chi connectivity index (χ2v) is 2.60. The van der Waals surface area contributed by atoms with Gasteiger partial charge in [0.1, 0.15) is 0 Å². The van der Waals surface area contributed by atoms with Crippen molar-refractivity contribution in [3.63, 3.8) is 0 Å². The van der Waals surface area contributed by atoms with E-state index in [1.54, 1.807) is 12.1 Å². The summed E-state index contributed by atoms with van der Waals surface area (Å²) in [5, 5.41) is 17.6. The van der Waals surface area contributed by atoms with Gasteiger partial charge < -0.3 is 14.9 Å². The van der Waals surface area contributed by atoms with Gasteiger partial charge in [0.2, 0.25) is 0 Å². The molecule has 0 heterocycles. The molecule has 0 unspecified atom stereocenters. The van der Waals surface area contributed by atoms with E-state index in [9.17, 15) is 9.90 Å². The molecule has 1 aromatic carbocycles. The van der Waals surface area contributed by atoms with Crippen LogP contribution in [0.4, 0.5) is 0 Å². The number of benzene rings is 1. The van der Waals surface area contributed by atoms with E-state index in [2.05, 4.69) is 0 Å². The number of ether oxygens (including phenoxy) is 1. The molecule has 0 aliphatic rings. The van der Waals surface area contributed by atoms with E-state index in [0.29, 0.717) is 11.3 Å². The number of aromatic hydroxyl groups is 1. The van der Waals surface area contributed by atoms with Crippen molar-refractivity contribution in [2.75, 3.05) is 7.11 Å². The lowest BCUT2D eigenvalue weighted by Crippen LogP contribution is -1.87. The number of phenolic OH excluding ortho intramolecular Hbond substituents is 1. The predicted octanol–water partition coefficient (Wildman–Crippen LogP) is 1.50. The van der Waals surface area contributed by atoms with Crippen molar-refractivity contribution in [3.8, 4) is 11.5 Å². The standard InChI is InChI=1S/C10H10O4/c1-14-9-6-7(2-4-8(9)11)3-5-10(12)13/h2-6,11H,1H3,(H,12,13)/b5-3+/i3+1,5+1,10+1. The van der Waals surface area contributed by atoms with E-state index in [-0.39, 0.29) is 5.75 Å². The summed E-state index contributed by atoms with van der Waals surface area (Å²) in [6.07, 6.45) is 2.44. The van der Waals surface area contributed by atoms with Crippen LogP contribution in [-0.4, -0.2) is 23.3 Å². The highest BCUT2D eigenvalue weighted by Crippen LogP contribution is 2.26. The molecule has 0 saturated carbocycles. The first-order chi connectivity index (χ1) is 6.63. The molecule has 0 saturated heterocycles. The summed E-state index contributed by atoms with van der Waals surface area (Å²) in [7, 11) is 1.43. The molecule has 4 heteroatoms. The number of carboxylic acid groups (broad SMARTS) is 1. The molecule has 0 bridgehead atoms. The number of carbonyl (C=O) groups is 1. The van der Waals surface area contributed by atoms with Gasteiger partial charge in [-0.3, -0.25) is 0 Å².